The van der Waals surface area contributed by atoms with E-state index in [1.54, 1.807) is 7.11 Å². The molecule has 2 unspecified atom stereocenters. The molecule has 1 fully saturated rings. The van der Waals surface area contributed by atoms with Gasteiger partial charge >= 0.3 is 0 Å². The van der Waals surface area contributed by atoms with Crippen molar-refractivity contribution in [2.45, 2.75) is 44.8 Å². The van der Waals surface area contributed by atoms with Crippen LogP contribution in [0.1, 0.15) is 32.6 Å². The highest BCUT2D eigenvalue weighted by molar-refractivity contribution is 4.80. The third-order valence-corrected chi connectivity index (χ3v) is 2.81. The molecule has 0 radical (unpaired) electrons. The van der Waals surface area contributed by atoms with E-state index in [4.69, 9.17) is 4.74 Å². The van der Waals surface area contributed by atoms with Crippen molar-refractivity contribution < 1.29 is 9.84 Å². The van der Waals surface area contributed by atoms with Gasteiger partial charge in [-0.3, -0.25) is 0 Å². The number of rotatable bonds is 8. The van der Waals surface area contributed by atoms with Gasteiger partial charge in [0.05, 0.1) is 12.7 Å². The summed E-state index contributed by atoms with van der Waals surface area (Å²) in [5, 5.41) is 12.9. The predicted molar refractivity (Wildman–Crippen MR) is 57.3 cm³/mol. The lowest BCUT2D eigenvalue weighted by Gasteiger charge is -2.18. The molecular weight excluding hydrogens is 178 g/mol. The monoisotopic (exact) mass is 201 g/mol. The average Bonchev–Trinajstić information content (AvgIpc) is 2.96. The second kappa shape index (κ2) is 6.38. The van der Waals surface area contributed by atoms with Crippen LogP contribution in [-0.4, -0.2) is 37.5 Å². The predicted octanol–water partition coefficient (Wildman–Crippen LogP) is 1.16. The van der Waals surface area contributed by atoms with Crippen molar-refractivity contribution in [1.29, 1.82) is 0 Å². The number of hydrogen-bond acceptors (Lipinski definition) is 3. The van der Waals surface area contributed by atoms with E-state index in [0.717, 1.165) is 12.3 Å². The third-order valence-electron chi connectivity index (χ3n) is 2.81. The zero-order valence-electron chi connectivity index (χ0n) is 9.33. The lowest BCUT2D eigenvalue weighted by molar-refractivity contribution is 0.0622. The van der Waals surface area contributed by atoms with Crippen molar-refractivity contribution in [2.75, 3.05) is 20.3 Å². The summed E-state index contributed by atoms with van der Waals surface area (Å²) in [6.45, 7) is 3.27. The third kappa shape index (κ3) is 4.94. The SMILES string of the molecule is CCC(CC1CC1)NCC(O)COC. The summed E-state index contributed by atoms with van der Waals surface area (Å²) in [5.41, 5.74) is 0. The first-order chi connectivity index (χ1) is 6.76. The first-order valence-corrected chi connectivity index (χ1v) is 5.66. The molecule has 2 N–H and O–H groups in total. The zero-order valence-corrected chi connectivity index (χ0v) is 9.33. The van der Waals surface area contributed by atoms with Crippen molar-refractivity contribution in [1.82, 2.24) is 5.32 Å². The molecule has 84 valence electrons. The Morgan fingerprint density at radius 3 is 2.71 bits per heavy atom. The van der Waals surface area contributed by atoms with Gasteiger partial charge < -0.3 is 15.2 Å². The summed E-state index contributed by atoms with van der Waals surface area (Å²) in [5.74, 6) is 0.951. The molecule has 0 heterocycles. The number of ether oxygens (including phenoxy) is 1. The Hall–Kier alpha value is -0.120. The van der Waals surface area contributed by atoms with Crippen LogP contribution in [0, 0.1) is 5.92 Å². The van der Waals surface area contributed by atoms with Gasteiger partial charge in [-0.1, -0.05) is 19.8 Å². The van der Waals surface area contributed by atoms with E-state index in [0.29, 0.717) is 19.2 Å². The second-order valence-corrected chi connectivity index (χ2v) is 4.30. The van der Waals surface area contributed by atoms with Gasteiger partial charge in [-0.05, 0) is 18.8 Å². The molecule has 0 saturated heterocycles. The minimum Gasteiger partial charge on any atom is -0.389 e. The number of nitrogens with one attached hydrogen (secondary N) is 1. The van der Waals surface area contributed by atoms with Crippen molar-refractivity contribution in [2.24, 2.45) is 5.92 Å². The van der Waals surface area contributed by atoms with Crippen LogP contribution in [-0.2, 0) is 4.74 Å². The van der Waals surface area contributed by atoms with E-state index in [9.17, 15) is 5.11 Å². The normalized spacial score (nSPS) is 20.8. The number of aliphatic hydroxyl groups is 1. The van der Waals surface area contributed by atoms with Crippen molar-refractivity contribution >= 4 is 0 Å². The van der Waals surface area contributed by atoms with Gasteiger partial charge in [0.2, 0.25) is 0 Å². The number of hydrogen-bond donors (Lipinski definition) is 2. The van der Waals surface area contributed by atoms with Gasteiger partial charge in [-0.15, -0.1) is 0 Å². The molecule has 0 spiro atoms. The van der Waals surface area contributed by atoms with Crippen molar-refractivity contribution in [3.63, 3.8) is 0 Å². The Morgan fingerprint density at radius 1 is 1.50 bits per heavy atom. The summed E-state index contributed by atoms with van der Waals surface area (Å²) < 4.78 is 4.87. The van der Waals surface area contributed by atoms with Gasteiger partial charge in [0.15, 0.2) is 0 Å². The molecule has 0 bridgehead atoms. The molecule has 3 heteroatoms. The molecule has 0 aliphatic heterocycles. The van der Waals surface area contributed by atoms with Crippen molar-refractivity contribution in [3.05, 3.63) is 0 Å². The molecule has 0 aromatic heterocycles. The Bertz CT molecular complexity index is 148. The maximum absolute atomic E-state index is 9.46. The topological polar surface area (TPSA) is 41.5 Å². The van der Waals surface area contributed by atoms with Crippen LogP contribution in [0.25, 0.3) is 0 Å². The molecule has 1 aliphatic carbocycles. The van der Waals surface area contributed by atoms with Gasteiger partial charge in [0.25, 0.3) is 0 Å². The highest BCUT2D eigenvalue weighted by Gasteiger charge is 2.24. The van der Waals surface area contributed by atoms with E-state index >= 15 is 0 Å². The maximum Gasteiger partial charge on any atom is 0.0897 e. The maximum atomic E-state index is 9.46. The fourth-order valence-corrected chi connectivity index (χ4v) is 1.70. The minimum absolute atomic E-state index is 0.367. The van der Waals surface area contributed by atoms with Crippen LogP contribution in [0.15, 0.2) is 0 Å². The molecule has 0 amide bonds. The quantitative estimate of drug-likeness (QED) is 0.619. The molecule has 2 atom stereocenters. The van der Waals surface area contributed by atoms with Gasteiger partial charge in [-0.2, -0.15) is 0 Å². The van der Waals surface area contributed by atoms with Crippen LogP contribution in [0.4, 0.5) is 0 Å². The smallest absolute Gasteiger partial charge is 0.0897 e. The Morgan fingerprint density at radius 2 is 2.21 bits per heavy atom. The van der Waals surface area contributed by atoms with E-state index in [2.05, 4.69) is 12.2 Å². The lowest BCUT2D eigenvalue weighted by atomic mass is 10.1. The molecule has 3 nitrogen and oxygen atoms in total. The van der Waals surface area contributed by atoms with E-state index in [1.165, 1.54) is 19.3 Å². The molecule has 1 aliphatic rings. The number of aliphatic hydroxyl groups excluding tert-OH is 1. The molecule has 1 saturated carbocycles. The van der Waals surface area contributed by atoms with Crippen molar-refractivity contribution in [3.8, 4) is 0 Å². The van der Waals surface area contributed by atoms with Gasteiger partial charge in [0.1, 0.15) is 0 Å². The first-order valence-electron chi connectivity index (χ1n) is 5.66. The summed E-state index contributed by atoms with van der Waals surface area (Å²) in [7, 11) is 1.62. The fourth-order valence-electron chi connectivity index (χ4n) is 1.70. The Kier molecular flexibility index (Phi) is 5.45. The molecule has 1 rings (SSSR count). The average molecular weight is 201 g/mol. The largest absolute Gasteiger partial charge is 0.389 e. The standard InChI is InChI=1S/C11H23NO2/c1-3-10(6-9-4-5-9)12-7-11(13)8-14-2/h9-13H,3-8H2,1-2H3. The number of methoxy groups -OCH3 is 1. The first kappa shape index (κ1) is 12.0. The molecule has 14 heavy (non-hydrogen) atoms. The van der Waals surface area contributed by atoms with Crippen LogP contribution in [0.3, 0.4) is 0 Å². The zero-order chi connectivity index (χ0) is 10.4. The minimum atomic E-state index is -0.367. The van der Waals surface area contributed by atoms with Gasteiger partial charge in [0, 0.05) is 19.7 Å². The van der Waals surface area contributed by atoms with Gasteiger partial charge in [-0.25, -0.2) is 0 Å². The Labute approximate surface area is 86.8 Å². The van der Waals surface area contributed by atoms with Crippen LogP contribution < -0.4 is 5.32 Å². The second-order valence-electron chi connectivity index (χ2n) is 4.30. The summed E-state index contributed by atoms with van der Waals surface area (Å²) in [6.07, 6.45) is 4.86. The highest BCUT2D eigenvalue weighted by atomic mass is 16.5. The van der Waals surface area contributed by atoms with E-state index in [1.807, 2.05) is 0 Å². The van der Waals surface area contributed by atoms with Crippen LogP contribution in [0.2, 0.25) is 0 Å². The lowest BCUT2D eigenvalue weighted by Crippen LogP contribution is -2.37. The highest BCUT2D eigenvalue weighted by Crippen LogP contribution is 2.33. The molecular formula is C11H23NO2. The summed E-state index contributed by atoms with van der Waals surface area (Å²) in [4.78, 5) is 0. The molecule has 0 aromatic carbocycles. The molecule has 0 aromatic rings. The summed E-state index contributed by atoms with van der Waals surface area (Å²) in [6, 6.07) is 0.578. The van der Waals surface area contributed by atoms with Crippen LogP contribution in [0.5, 0.6) is 0 Å². The summed E-state index contributed by atoms with van der Waals surface area (Å²) >= 11 is 0. The Balaban J connectivity index is 2.06. The van der Waals surface area contributed by atoms with Crippen LogP contribution >= 0.6 is 0 Å². The fraction of sp³-hybridized carbons (Fsp3) is 1.00. The van der Waals surface area contributed by atoms with E-state index < -0.39 is 0 Å². The van der Waals surface area contributed by atoms with E-state index in [-0.39, 0.29) is 6.10 Å².